The highest BCUT2D eigenvalue weighted by molar-refractivity contribution is 6.36. The van der Waals surface area contributed by atoms with Crippen molar-refractivity contribution in [1.29, 1.82) is 0 Å². The van der Waals surface area contributed by atoms with Crippen LogP contribution in [0.1, 0.15) is 46.0 Å². The first kappa shape index (κ1) is 12.0. The predicted octanol–water partition coefficient (Wildman–Crippen LogP) is 2.92. The van der Waals surface area contributed by atoms with Gasteiger partial charge in [0.1, 0.15) is 4.87 Å². The summed E-state index contributed by atoms with van der Waals surface area (Å²) >= 11 is 6.40. The van der Waals surface area contributed by atoms with E-state index in [1.165, 1.54) is 0 Å². The van der Waals surface area contributed by atoms with Crippen LogP contribution in [0.2, 0.25) is 0 Å². The van der Waals surface area contributed by atoms with E-state index in [1.807, 2.05) is 13.8 Å². The highest BCUT2D eigenvalue weighted by Crippen LogP contribution is 2.36. The molecule has 0 radical (unpaired) electrons. The molecular weight excluding hydrogens is 200 g/mol. The average molecular weight is 219 g/mol. The van der Waals surface area contributed by atoms with Gasteiger partial charge in [0, 0.05) is 13.0 Å². The third kappa shape index (κ3) is 2.29. The Morgan fingerprint density at radius 2 is 2.21 bits per heavy atom. The fraction of sp³-hybridized carbons (Fsp3) is 0.909. The molecule has 2 atom stereocenters. The van der Waals surface area contributed by atoms with Gasteiger partial charge < -0.3 is 4.74 Å². The Bertz CT molecular complexity index is 205. The predicted molar refractivity (Wildman–Crippen MR) is 57.8 cm³/mol. The number of carbonyl (C=O) groups is 1. The van der Waals surface area contributed by atoms with Gasteiger partial charge in [-0.3, -0.25) is 4.79 Å². The lowest BCUT2D eigenvalue weighted by molar-refractivity contribution is -0.128. The Balaban J connectivity index is 2.72. The van der Waals surface area contributed by atoms with E-state index in [0.29, 0.717) is 13.0 Å². The van der Waals surface area contributed by atoms with Crippen LogP contribution in [0.5, 0.6) is 0 Å². The monoisotopic (exact) mass is 218 g/mol. The molecular formula is C11H19ClO2. The summed E-state index contributed by atoms with van der Waals surface area (Å²) in [7, 11) is 0. The molecule has 0 heterocycles. The van der Waals surface area contributed by atoms with Gasteiger partial charge >= 0.3 is 0 Å². The fourth-order valence-corrected chi connectivity index (χ4v) is 2.58. The smallest absolute Gasteiger partial charge is 0.156 e. The van der Waals surface area contributed by atoms with Crippen molar-refractivity contribution < 1.29 is 9.53 Å². The molecule has 0 bridgehead atoms. The number of alkyl halides is 1. The number of hydrogen-bond donors (Lipinski definition) is 0. The minimum Gasteiger partial charge on any atom is -0.376 e. The van der Waals surface area contributed by atoms with Crippen molar-refractivity contribution in [3.05, 3.63) is 0 Å². The summed E-state index contributed by atoms with van der Waals surface area (Å²) in [6.45, 7) is 4.59. The normalized spacial score (nSPS) is 30.4. The number of halogens is 1. The van der Waals surface area contributed by atoms with Crippen molar-refractivity contribution in [2.75, 3.05) is 6.61 Å². The van der Waals surface area contributed by atoms with Crippen LogP contribution < -0.4 is 0 Å². The summed E-state index contributed by atoms with van der Waals surface area (Å²) < 4.78 is 5.55. The molecule has 3 heteroatoms. The Morgan fingerprint density at radius 1 is 1.50 bits per heavy atom. The number of Topliss-reactive ketones (excluding diaryl/α,β-unsaturated/α-hetero) is 1. The molecule has 2 nitrogen and oxygen atoms in total. The highest BCUT2D eigenvalue weighted by Gasteiger charge is 2.44. The molecule has 0 aromatic carbocycles. The van der Waals surface area contributed by atoms with Crippen molar-refractivity contribution in [1.82, 2.24) is 0 Å². The van der Waals surface area contributed by atoms with Gasteiger partial charge in [-0.1, -0.05) is 13.3 Å². The number of carbonyl (C=O) groups excluding carboxylic acids is 1. The van der Waals surface area contributed by atoms with Gasteiger partial charge in [-0.25, -0.2) is 0 Å². The first-order valence-electron chi connectivity index (χ1n) is 5.49. The molecule has 0 aliphatic heterocycles. The maximum atomic E-state index is 11.8. The fourth-order valence-electron chi connectivity index (χ4n) is 2.13. The van der Waals surface area contributed by atoms with Gasteiger partial charge in [-0.2, -0.15) is 0 Å². The quantitative estimate of drug-likeness (QED) is 0.679. The summed E-state index contributed by atoms with van der Waals surface area (Å²) in [5, 5.41) is 0. The summed E-state index contributed by atoms with van der Waals surface area (Å²) in [5.41, 5.74) is 0. The Hall–Kier alpha value is -0.0800. The lowest BCUT2D eigenvalue weighted by Gasteiger charge is -2.36. The van der Waals surface area contributed by atoms with Crippen LogP contribution >= 0.6 is 11.6 Å². The molecule has 1 fully saturated rings. The first-order valence-corrected chi connectivity index (χ1v) is 5.86. The molecule has 1 aliphatic carbocycles. The van der Waals surface area contributed by atoms with Crippen molar-refractivity contribution in [3.63, 3.8) is 0 Å². The molecule has 0 N–H and O–H groups in total. The second-order valence-electron chi connectivity index (χ2n) is 3.84. The first-order chi connectivity index (χ1) is 6.65. The molecule has 1 saturated carbocycles. The minimum atomic E-state index is -0.733. The van der Waals surface area contributed by atoms with Crippen LogP contribution in [0, 0.1) is 0 Å². The molecule has 0 saturated heterocycles. The maximum absolute atomic E-state index is 11.8. The maximum Gasteiger partial charge on any atom is 0.156 e. The molecule has 1 aliphatic rings. The van der Waals surface area contributed by atoms with Gasteiger partial charge in [0.05, 0.1) is 6.10 Å². The number of ether oxygens (including phenoxy) is 1. The van der Waals surface area contributed by atoms with Gasteiger partial charge in [-0.15, -0.1) is 11.6 Å². The van der Waals surface area contributed by atoms with Crippen LogP contribution in [-0.2, 0) is 9.53 Å². The summed E-state index contributed by atoms with van der Waals surface area (Å²) in [4.78, 5) is 11.0. The molecule has 0 spiro atoms. The molecule has 82 valence electrons. The van der Waals surface area contributed by atoms with Crippen molar-refractivity contribution >= 4 is 17.4 Å². The van der Waals surface area contributed by atoms with E-state index in [9.17, 15) is 4.79 Å². The highest BCUT2D eigenvalue weighted by atomic mass is 35.5. The Kier molecular flexibility index (Phi) is 4.39. The van der Waals surface area contributed by atoms with Crippen LogP contribution in [0.4, 0.5) is 0 Å². The summed E-state index contributed by atoms with van der Waals surface area (Å²) in [6, 6.07) is 0. The van der Waals surface area contributed by atoms with Gasteiger partial charge in [-0.05, 0) is 26.2 Å². The number of ketones is 1. The van der Waals surface area contributed by atoms with Crippen LogP contribution in [-0.4, -0.2) is 23.4 Å². The topological polar surface area (TPSA) is 26.3 Å². The molecule has 1 rings (SSSR count). The zero-order valence-electron chi connectivity index (χ0n) is 9.01. The molecule has 0 amide bonds. The largest absolute Gasteiger partial charge is 0.376 e. The van der Waals surface area contributed by atoms with Crippen molar-refractivity contribution in [2.45, 2.75) is 56.9 Å². The van der Waals surface area contributed by atoms with E-state index in [0.717, 1.165) is 25.7 Å². The van der Waals surface area contributed by atoms with Crippen LogP contribution in [0.3, 0.4) is 0 Å². The van der Waals surface area contributed by atoms with Crippen LogP contribution in [0.15, 0.2) is 0 Å². The molecule has 0 aromatic rings. The molecule has 0 aromatic heterocycles. The van der Waals surface area contributed by atoms with E-state index >= 15 is 0 Å². The molecule has 1 unspecified atom stereocenters. The van der Waals surface area contributed by atoms with Gasteiger partial charge in [0.15, 0.2) is 5.78 Å². The van der Waals surface area contributed by atoms with Gasteiger partial charge in [0.2, 0.25) is 0 Å². The Labute approximate surface area is 91.0 Å². The standard InChI is InChI=1S/C11H19ClO2/c1-3-10(14-4-2)11(12)8-6-5-7-9(11)13/h10H,3-8H2,1-2H3/t10-,11?/m0/s1. The van der Waals surface area contributed by atoms with E-state index in [-0.39, 0.29) is 11.9 Å². The number of hydrogen-bond acceptors (Lipinski definition) is 2. The third-order valence-corrected chi connectivity index (χ3v) is 3.55. The van der Waals surface area contributed by atoms with E-state index in [2.05, 4.69) is 0 Å². The van der Waals surface area contributed by atoms with Crippen molar-refractivity contribution in [2.24, 2.45) is 0 Å². The Morgan fingerprint density at radius 3 is 2.71 bits per heavy atom. The van der Waals surface area contributed by atoms with E-state index < -0.39 is 4.87 Å². The minimum absolute atomic E-state index is 0.109. The molecule has 14 heavy (non-hydrogen) atoms. The van der Waals surface area contributed by atoms with E-state index in [4.69, 9.17) is 16.3 Å². The second kappa shape index (κ2) is 5.13. The SMILES string of the molecule is CCO[C@@H](CC)C1(Cl)CCCCC1=O. The summed E-state index contributed by atoms with van der Waals surface area (Å²) in [6.07, 6.45) is 4.11. The average Bonchev–Trinajstić information content (AvgIpc) is 2.19. The number of rotatable bonds is 4. The zero-order valence-corrected chi connectivity index (χ0v) is 9.77. The van der Waals surface area contributed by atoms with E-state index in [1.54, 1.807) is 0 Å². The zero-order chi connectivity index (χ0) is 10.6. The van der Waals surface area contributed by atoms with Crippen molar-refractivity contribution in [3.8, 4) is 0 Å². The second-order valence-corrected chi connectivity index (χ2v) is 4.52. The van der Waals surface area contributed by atoms with Crippen LogP contribution in [0.25, 0.3) is 0 Å². The lowest BCUT2D eigenvalue weighted by Crippen LogP contribution is -2.47. The van der Waals surface area contributed by atoms with Gasteiger partial charge in [0.25, 0.3) is 0 Å². The third-order valence-electron chi connectivity index (χ3n) is 2.91. The lowest BCUT2D eigenvalue weighted by atomic mass is 9.82. The summed E-state index contributed by atoms with van der Waals surface area (Å²) in [5.74, 6) is 0.172.